The Morgan fingerprint density at radius 2 is 2.25 bits per heavy atom. The zero-order chi connectivity index (χ0) is 8.72. The number of hydrogen-bond donors (Lipinski definition) is 1. The van der Waals surface area contributed by atoms with E-state index in [0.717, 1.165) is 18.8 Å². The molecule has 1 aromatic heterocycles. The fraction of sp³-hybridized carbons (Fsp3) is 0. The molecule has 0 aliphatic carbocycles. The number of nitrogens with two attached hydrogens (primary N) is 1. The van der Waals surface area contributed by atoms with E-state index in [2.05, 4.69) is 27.6 Å². The Morgan fingerprint density at radius 3 is 3.00 bits per heavy atom. The van der Waals surface area contributed by atoms with Gasteiger partial charge in [0.05, 0.1) is 10.2 Å². The third-order valence-corrected chi connectivity index (χ3v) is 3.30. The molecule has 0 atom stereocenters. The molecule has 2 rings (SSSR count). The van der Waals surface area contributed by atoms with E-state index in [1.165, 1.54) is 11.3 Å². The van der Waals surface area contributed by atoms with Crippen molar-refractivity contribution in [2.75, 3.05) is 5.73 Å². The number of anilines is 1. The molecule has 0 fully saturated rings. The lowest BCUT2D eigenvalue weighted by Gasteiger charge is -1.92. The molecular weight excluding hydrogens is 307 g/mol. The standard InChI is InChI=1S/C7H4ClIN2S/c8-3-1-4(9)6-5(2-3)12-7(10)11-6/h1-2H,(H2,10,11). The molecule has 5 heteroatoms. The van der Waals surface area contributed by atoms with Crippen molar-refractivity contribution in [1.29, 1.82) is 0 Å². The van der Waals surface area contributed by atoms with Gasteiger partial charge in [-0.05, 0) is 34.7 Å². The van der Waals surface area contributed by atoms with Gasteiger partial charge in [0.25, 0.3) is 0 Å². The van der Waals surface area contributed by atoms with Crippen LogP contribution in [0.3, 0.4) is 0 Å². The Labute approximate surface area is 91.9 Å². The van der Waals surface area contributed by atoms with Gasteiger partial charge in [-0.1, -0.05) is 22.9 Å². The van der Waals surface area contributed by atoms with E-state index in [-0.39, 0.29) is 0 Å². The minimum atomic E-state index is 0.588. The highest BCUT2D eigenvalue weighted by atomic mass is 127. The fourth-order valence-electron chi connectivity index (χ4n) is 0.974. The summed E-state index contributed by atoms with van der Waals surface area (Å²) in [5.74, 6) is 0. The fourth-order valence-corrected chi connectivity index (χ4v) is 3.17. The molecular formula is C7H4ClIN2S. The van der Waals surface area contributed by atoms with Gasteiger partial charge in [-0.15, -0.1) is 0 Å². The van der Waals surface area contributed by atoms with Crippen LogP contribution in [0.25, 0.3) is 10.2 Å². The van der Waals surface area contributed by atoms with Crippen molar-refractivity contribution in [3.63, 3.8) is 0 Å². The molecule has 0 unspecified atom stereocenters. The van der Waals surface area contributed by atoms with Crippen LogP contribution in [0.1, 0.15) is 0 Å². The number of nitrogens with zero attached hydrogens (tertiary/aromatic N) is 1. The second-order valence-corrected chi connectivity index (χ2v) is 4.95. The van der Waals surface area contributed by atoms with E-state index in [0.29, 0.717) is 5.13 Å². The summed E-state index contributed by atoms with van der Waals surface area (Å²) >= 11 is 9.53. The maximum Gasteiger partial charge on any atom is 0.181 e. The third kappa shape index (κ3) is 1.38. The van der Waals surface area contributed by atoms with Gasteiger partial charge in [-0.3, -0.25) is 0 Å². The van der Waals surface area contributed by atoms with Crippen LogP contribution in [-0.2, 0) is 0 Å². The predicted molar refractivity (Wildman–Crippen MR) is 61.8 cm³/mol. The first-order valence-corrected chi connectivity index (χ1v) is 5.45. The summed E-state index contributed by atoms with van der Waals surface area (Å²) in [5, 5.41) is 1.32. The van der Waals surface area contributed by atoms with Crippen molar-refractivity contribution in [2.45, 2.75) is 0 Å². The molecule has 0 spiro atoms. The highest BCUT2D eigenvalue weighted by molar-refractivity contribution is 14.1. The van der Waals surface area contributed by atoms with Crippen LogP contribution in [0.15, 0.2) is 12.1 Å². The molecule has 0 saturated carbocycles. The number of nitrogen functional groups attached to an aromatic ring is 1. The Balaban J connectivity index is 2.88. The Morgan fingerprint density at radius 1 is 1.50 bits per heavy atom. The molecule has 2 aromatic rings. The maximum absolute atomic E-state index is 5.87. The van der Waals surface area contributed by atoms with Crippen LogP contribution in [-0.4, -0.2) is 4.98 Å². The second kappa shape index (κ2) is 3.01. The monoisotopic (exact) mass is 310 g/mol. The summed E-state index contributed by atoms with van der Waals surface area (Å²) in [6.07, 6.45) is 0. The molecule has 0 amide bonds. The number of halogens is 2. The van der Waals surface area contributed by atoms with E-state index >= 15 is 0 Å². The van der Waals surface area contributed by atoms with Crippen molar-refractivity contribution < 1.29 is 0 Å². The number of benzene rings is 1. The van der Waals surface area contributed by atoms with E-state index in [4.69, 9.17) is 17.3 Å². The number of hydrogen-bond acceptors (Lipinski definition) is 3. The molecule has 12 heavy (non-hydrogen) atoms. The van der Waals surface area contributed by atoms with Crippen molar-refractivity contribution in [1.82, 2.24) is 4.98 Å². The van der Waals surface area contributed by atoms with E-state index < -0.39 is 0 Å². The van der Waals surface area contributed by atoms with Crippen LogP contribution in [0.2, 0.25) is 5.02 Å². The largest absolute Gasteiger partial charge is 0.375 e. The summed E-state index contributed by atoms with van der Waals surface area (Å²) in [6.45, 7) is 0. The van der Waals surface area contributed by atoms with Crippen molar-refractivity contribution in [3.8, 4) is 0 Å². The predicted octanol–water partition coefficient (Wildman–Crippen LogP) is 3.14. The Kier molecular flexibility index (Phi) is 2.14. The molecule has 62 valence electrons. The molecule has 0 bridgehead atoms. The van der Waals surface area contributed by atoms with Crippen molar-refractivity contribution >= 4 is 60.9 Å². The van der Waals surface area contributed by atoms with Gasteiger partial charge in [-0.2, -0.15) is 0 Å². The van der Waals surface area contributed by atoms with Gasteiger partial charge < -0.3 is 5.73 Å². The molecule has 1 aromatic carbocycles. The van der Waals surface area contributed by atoms with Crippen LogP contribution in [0.4, 0.5) is 5.13 Å². The lowest BCUT2D eigenvalue weighted by molar-refractivity contribution is 1.48. The van der Waals surface area contributed by atoms with Gasteiger partial charge in [-0.25, -0.2) is 4.98 Å². The Hall–Kier alpha value is -0.0700. The van der Waals surface area contributed by atoms with Crippen LogP contribution < -0.4 is 5.73 Å². The van der Waals surface area contributed by atoms with Crippen LogP contribution in [0, 0.1) is 3.57 Å². The molecule has 0 radical (unpaired) electrons. The minimum absolute atomic E-state index is 0.588. The normalized spacial score (nSPS) is 10.8. The zero-order valence-corrected chi connectivity index (χ0v) is 9.57. The first-order valence-electron chi connectivity index (χ1n) is 3.18. The first-order chi connectivity index (χ1) is 5.66. The molecule has 2 nitrogen and oxygen atoms in total. The summed E-state index contributed by atoms with van der Waals surface area (Å²) in [4.78, 5) is 4.18. The highest BCUT2D eigenvalue weighted by Crippen LogP contribution is 2.30. The number of thiazole rings is 1. The zero-order valence-electron chi connectivity index (χ0n) is 5.84. The van der Waals surface area contributed by atoms with Crippen molar-refractivity contribution in [3.05, 3.63) is 20.7 Å². The molecule has 1 heterocycles. The number of rotatable bonds is 0. The van der Waals surface area contributed by atoms with Crippen molar-refractivity contribution in [2.24, 2.45) is 0 Å². The van der Waals surface area contributed by atoms with E-state index in [1.54, 1.807) is 0 Å². The highest BCUT2D eigenvalue weighted by Gasteiger charge is 2.05. The summed E-state index contributed by atoms with van der Waals surface area (Å²) in [7, 11) is 0. The van der Waals surface area contributed by atoms with Gasteiger partial charge in [0, 0.05) is 8.59 Å². The van der Waals surface area contributed by atoms with Gasteiger partial charge >= 0.3 is 0 Å². The van der Waals surface area contributed by atoms with Crippen LogP contribution >= 0.6 is 45.5 Å². The smallest absolute Gasteiger partial charge is 0.181 e. The first kappa shape index (κ1) is 8.52. The third-order valence-electron chi connectivity index (χ3n) is 1.43. The number of fused-ring (bicyclic) bond motifs is 1. The van der Waals surface area contributed by atoms with Gasteiger partial charge in [0.1, 0.15) is 0 Å². The average Bonchev–Trinajstić information content (AvgIpc) is 2.29. The lowest BCUT2D eigenvalue weighted by Crippen LogP contribution is -1.80. The SMILES string of the molecule is Nc1nc2c(I)cc(Cl)cc2s1. The molecule has 2 N–H and O–H groups in total. The lowest BCUT2D eigenvalue weighted by atomic mass is 10.3. The Bertz CT molecular complexity index is 440. The molecule has 0 aliphatic heterocycles. The number of aromatic nitrogens is 1. The minimum Gasteiger partial charge on any atom is -0.375 e. The summed E-state index contributed by atoms with van der Waals surface area (Å²) in [5.41, 5.74) is 6.52. The summed E-state index contributed by atoms with van der Waals surface area (Å²) < 4.78 is 2.09. The molecule has 0 aliphatic rings. The molecule has 0 saturated heterocycles. The van der Waals surface area contributed by atoms with E-state index in [1.807, 2.05) is 12.1 Å². The second-order valence-electron chi connectivity index (χ2n) is 2.29. The average molecular weight is 311 g/mol. The van der Waals surface area contributed by atoms with Gasteiger partial charge in [0.2, 0.25) is 0 Å². The quantitative estimate of drug-likeness (QED) is 0.759. The van der Waals surface area contributed by atoms with E-state index in [9.17, 15) is 0 Å². The van der Waals surface area contributed by atoms with Crippen LogP contribution in [0.5, 0.6) is 0 Å². The van der Waals surface area contributed by atoms with Gasteiger partial charge in [0.15, 0.2) is 5.13 Å². The maximum atomic E-state index is 5.87. The topological polar surface area (TPSA) is 38.9 Å². The summed E-state index contributed by atoms with van der Waals surface area (Å²) in [6, 6.07) is 3.76.